The van der Waals surface area contributed by atoms with Crippen molar-refractivity contribution in [1.82, 2.24) is 0 Å². The second-order valence-corrected chi connectivity index (χ2v) is 4.45. The molecule has 0 saturated heterocycles. The lowest BCUT2D eigenvalue weighted by Crippen LogP contribution is -2.12. The van der Waals surface area contributed by atoms with Crippen LogP contribution in [-0.2, 0) is 5.41 Å². The summed E-state index contributed by atoms with van der Waals surface area (Å²) < 4.78 is 0. The summed E-state index contributed by atoms with van der Waals surface area (Å²) >= 11 is 0. The fourth-order valence-corrected chi connectivity index (χ4v) is 1.61. The van der Waals surface area contributed by atoms with Gasteiger partial charge in [0.25, 0.3) is 0 Å². The quantitative estimate of drug-likeness (QED) is 0.695. The average Bonchev–Trinajstić information content (AvgIpc) is 2.02. The molecule has 0 aliphatic heterocycles. The van der Waals surface area contributed by atoms with E-state index in [1.165, 1.54) is 6.07 Å². The summed E-state index contributed by atoms with van der Waals surface area (Å²) in [5.74, 6) is -0.0505. The number of benzene rings is 1. The lowest BCUT2D eigenvalue weighted by molar-refractivity contribution is 0.475. The normalized spacial score (nSPS) is 11.4. The molecule has 0 amide bonds. The van der Waals surface area contributed by atoms with Crippen LogP contribution in [0.1, 0.15) is 31.9 Å². The summed E-state index contributed by atoms with van der Waals surface area (Å²) in [6.45, 7) is 7.97. The number of nitroso groups, excluding NO2 is 1. The number of aromatic hydroxyl groups is 1. The molecule has 0 unspecified atom stereocenters. The second kappa shape index (κ2) is 3.40. The molecule has 3 nitrogen and oxygen atoms in total. The third kappa shape index (κ3) is 1.76. The van der Waals surface area contributed by atoms with Gasteiger partial charge in [0.1, 0.15) is 5.75 Å². The molecule has 14 heavy (non-hydrogen) atoms. The van der Waals surface area contributed by atoms with Crippen LogP contribution < -0.4 is 0 Å². The van der Waals surface area contributed by atoms with Crippen molar-refractivity contribution >= 4 is 5.69 Å². The molecule has 0 atom stereocenters. The smallest absolute Gasteiger partial charge is 0.152 e. The maximum absolute atomic E-state index is 10.5. The number of hydrogen-bond donors (Lipinski definition) is 1. The van der Waals surface area contributed by atoms with Gasteiger partial charge in [0.2, 0.25) is 0 Å². The van der Waals surface area contributed by atoms with Gasteiger partial charge in [-0.1, -0.05) is 26.8 Å². The van der Waals surface area contributed by atoms with E-state index >= 15 is 0 Å². The van der Waals surface area contributed by atoms with Crippen molar-refractivity contribution in [3.63, 3.8) is 0 Å². The van der Waals surface area contributed by atoms with Crippen LogP contribution in [0.25, 0.3) is 0 Å². The number of nitrogens with zero attached hydrogens (tertiary/aromatic N) is 1. The van der Waals surface area contributed by atoms with E-state index < -0.39 is 0 Å². The topological polar surface area (TPSA) is 49.7 Å². The maximum atomic E-state index is 10.5. The number of rotatable bonds is 1. The van der Waals surface area contributed by atoms with Gasteiger partial charge in [-0.05, 0) is 34.7 Å². The fraction of sp³-hybridized carbons (Fsp3) is 0.455. The van der Waals surface area contributed by atoms with Crippen molar-refractivity contribution in [2.75, 3.05) is 0 Å². The summed E-state index contributed by atoms with van der Waals surface area (Å²) in [5.41, 5.74) is 1.90. The lowest BCUT2D eigenvalue weighted by Gasteiger charge is -2.22. The minimum atomic E-state index is -0.0505. The zero-order valence-electron chi connectivity index (χ0n) is 8.96. The Morgan fingerprint density at radius 3 is 2.29 bits per heavy atom. The van der Waals surface area contributed by atoms with E-state index in [4.69, 9.17) is 0 Å². The predicted molar refractivity (Wildman–Crippen MR) is 57.0 cm³/mol. The second-order valence-electron chi connectivity index (χ2n) is 4.45. The van der Waals surface area contributed by atoms with Crippen molar-refractivity contribution in [2.24, 2.45) is 5.18 Å². The molecule has 1 rings (SSSR count). The minimum Gasteiger partial charge on any atom is -0.506 e. The molecule has 0 radical (unpaired) electrons. The van der Waals surface area contributed by atoms with Crippen molar-refractivity contribution in [2.45, 2.75) is 33.1 Å². The molecule has 3 heteroatoms. The summed E-state index contributed by atoms with van der Waals surface area (Å²) in [7, 11) is 0. The lowest BCUT2D eigenvalue weighted by atomic mass is 9.83. The van der Waals surface area contributed by atoms with Gasteiger partial charge >= 0.3 is 0 Å². The highest BCUT2D eigenvalue weighted by molar-refractivity contribution is 5.60. The van der Waals surface area contributed by atoms with E-state index in [1.54, 1.807) is 6.92 Å². The van der Waals surface area contributed by atoms with Gasteiger partial charge in [-0.3, -0.25) is 0 Å². The highest BCUT2D eigenvalue weighted by Crippen LogP contribution is 2.36. The highest BCUT2D eigenvalue weighted by atomic mass is 16.3. The van der Waals surface area contributed by atoms with E-state index in [-0.39, 0.29) is 16.9 Å². The Kier molecular flexibility index (Phi) is 2.60. The molecule has 1 aromatic carbocycles. The first-order chi connectivity index (χ1) is 6.38. The number of hydrogen-bond acceptors (Lipinski definition) is 3. The Labute approximate surface area is 83.7 Å². The van der Waals surface area contributed by atoms with E-state index in [0.29, 0.717) is 0 Å². The Hall–Kier alpha value is -1.38. The first-order valence-corrected chi connectivity index (χ1v) is 4.54. The van der Waals surface area contributed by atoms with Gasteiger partial charge in [0, 0.05) is 0 Å². The largest absolute Gasteiger partial charge is 0.506 e. The Bertz CT molecular complexity index is 364. The van der Waals surface area contributed by atoms with Gasteiger partial charge in [-0.15, -0.1) is 4.91 Å². The van der Waals surface area contributed by atoms with Crippen LogP contribution in [0.15, 0.2) is 17.3 Å². The highest BCUT2D eigenvalue weighted by Gasteiger charge is 2.19. The zero-order chi connectivity index (χ0) is 10.9. The van der Waals surface area contributed by atoms with Crippen LogP contribution in [0, 0.1) is 11.8 Å². The molecule has 0 saturated carbocycles. The summed E-state index contributed by atoms with van der Waals surface area (Å²) in [6.07, 6.45) is 0. The SMILES string of the molecule is Cc1c(C(C)(C)C)ccc(O)c1N=O. The fourth-order valence-electron chi connectivity index (χ4n) is 1.61. The van der Waals surface area contributed by atoms with E-state index in [0.717, 1.165) is 11.1 Å². The van der Waals surface area contributed by atoms with Crippen molar-refractivity contribution in [3.8, 4) is 5.75 Å². The monoisotopic (exact) mass is 193 g/mol. The third-order valence-electron chi connectivity index (χ3n) is 2.31. The molecule has 1 N–H and O–H groups in total. The molecule has 0 aliphatic carbocycles. The predicted octanol–water partition coefficient (Wildman–Crippen LogP) is 3.40. The summed E-state index contributed by atoms with van der Waals surface area (Å²) in [6, 6.07) is 3.35. The number of phenolic OH excluding ortho intramolecular Hbond substituents is 1. The molecule has 0 spiro atoms. The van der Waals surface area contributed by atoms with E-state index in [1.807, 2.05) is 6.07 Å². The molecule has 1 aromatic rings. The standard InChI is InChI=1S/C11H15NO2/c1-7-8(11(2,3)4)5-6-9(13)10(7)12-14/h5-6,13H,1-4H3. The Morgan fingerprint density at radius 2 is 1.86 bits per heavy atom. The molecular weight excluding hydrogens is 178 g/mol. The third-order valence-corrected chi connectivity index (χ3v) is 2.31. The molecule has 0 aliphatic rings. The first-order valence-electron chi connectivity index (χ1n) is 4.54. The van der Waals surface area contributed by atoms with Crippen molar-refractivity contribution in [3.05, 3.63) is 28.2 Å². The Morgan fingerprint density at radius 1 is 1.29 bits per heavy atom. The molecule has 0 heterocycles. The van der Waals surface area contributed by atoms with Crippen LogP contribution in [0.5, 0.6) is 5.75 Å². The van der Waals surface area contributed by atoms with Gasteiger partial charge in [-0.25, -0.2) is 0 Å². The van der Waals surface area contributed by atoms with Gasteiger partial charge in [0.15, 0.2) is 5.69 Å². The molecular formula is C11H15NO2. The van der Waals surface area contributed by atoms with E-state index in [2.05, 4.69) is 25.9 Å². The average molecular weight is 193 g/mol. The van der Waals surface area contributed by atoms with Gasteiger partial charge in [0.05, 0.1) is 0 Å². The molecule has 0 aromatic heterocycles. The molecule has 0 fully saturated rings. The maximum Gasteiger partial charge on any atom is 0.152 e. The van der Waals surface area contributed by atoms with Gasteiger partial charge in [-0.2, -0.15) is 0 Å². The summed E-state index contributed by atoms with van der Waals surface area (Å²) in [5, 5.41) is 12.2. The van der Waals surface area contributed by atoms with Crippen molar-refractivity contribution in [1.29, 1.82) is 0 Å². The van der Waals surface area contributed by atoms with E-state index in [9.17, 15) is 10.0 Å². The summed E-state index contributed by atoms with van der Waals surface area (Å²) in [4.78, 5) is 10.5. The first kappa shape index (κ1) is 10.7. The van der Waals surface area contributed by atoms with Crippen LogP contribution in [-0.4, -0.2) is 5.11 Å². The molecule has 76 valence electrons. The van der Waals surface area contributed by atoms with Crippen LogP contribution in [0.3, 0.4) is 0 Å². The van der Waals surface area contributed by atoms with Crippen molar-refractivity contribution < 1.29 is 5.11 Å². The molecule has 0 bridgehead atoms. The minimum absolute atomic E-state index is 0.0444. The van der Waals surface area contributed by atoms with Crippen LogP contribution >= 0.6 is 0 Å². The van der Waals surface area contributed by atoms with Gasteiger partial charge < -0.3 is 5.11 Å². The van der Waals surface area contributed by atoms with Crippen LogP contribution in [0.4, 0.5) is 5.69 Å². The Balaban J connectivity index is 3.43. The zero-order valence-corrected chi connectivity index (χ0v) is 8.96. The van der Waals surface area contributed by atoms with Crippen LogP contribution in [0.2, 0.25) is 0 Å². The number of phenols is 1.